The van der Waals surface area contributed by atoms with Gasteiger partial charge in [-0.15, -0.1) is 0 Å². The number of nitrogens with zero attached hydrogens (tertiary/aromatic N) is 1. The van der Waals surface area contributed by atoms with Crippen LogP contribution in [0, 0.1) is 0 Å². The minimum absolute atomic E-state index is 0.251. The van der Waals surface area contributed by atoms with Crippen molar-refractivity contribution < 1.29 is 19.8 Å². The minimum atomic E-state index is -1.33. The first kappa shape index (κ1) is 15.2. The van der Waals surface area contributed by atoms with E-state index in [1.165, 1.54) is 0 Å². The van der Waals surface area contributed by atoms with E-state index in [0.717, 1.165) is 5.71 Å². The molecule has 0 bridgehead atoms. The summed E-state index contributed by atoms with van der Waals surface area (Å²) in [5, 5.41) is 15.7. The molecule has 6 nitrogen and oxygen atoms in total. The van der Waals surface area contributed by atoms with Gasteiger partial charge in [0.2, 0.25) is 0 Å². The molecule has 0 heterocycles. The van der Waals surface area contributed by atoms with Crippen LogP contribution in [0.15, 0.2) is 4.99 Å². The van der Waals surface area contributed by atoms with E-state index in [2.05, 4.69) is 23.4 Å². The molecule has 0 rings (SSSR count). The number of aliphatic carboxylic acids is 1. The van der Waals surface area contributed by atoms with Crippen LogP contribution in [0.5, 0.6) is 0 Å². The number of carbonyl (C=O) groups is 2. The van der Waals surface area contributed by atoms with Gasteiger partial charge in [-0.25, -0.2) is 9.59 Å². The summed E-state index contributed by atoms with van der Waals surface area (Å²) in [5.41, 5.74) is 4.79. The smallest absolute Gasteiger partial charge is 0.402 e. The van der Waals surface area contributed by atoms with Crippen LogP contribution in [0.25, 0.3) is 0 Å². The molecule has 0 aliphatic rings. The zero-order valence-electron chi connectivity index (χ0n) is 7.97. The molecule has 0 aromatic rings. The highest BCUT2D eigenvalue weighted by atomic mass is 32.1. The van der Waals surface area contributed by atoms with E-state index >= 15 is 0 Å². The van der Waals surface area contributed by atoms with E-state index < -0.39 is 18.1 Å². The van der Waals surface area contributed by atoms with Crippen LogP contribution in [0.4, 0.5) is 4.79 Å². The first-order valence-corrected chi connectivity index (χ1v) is 4.27. The van der Waals surface area contributed by atoms with Gasteiger partial charge in [-0.2, -0.15) is 12.6 Å². The lowest BCUT2D eigenvalue weighted by molar-refractivity contribution is -0.137. The number of aliphatic imine (C=N–C) groups is 1. The molecule has 14 heavy (non-hydrogen) atoms. The van der Waals surface area contributed by atoms with Crippen LogP contribution in [0.3, 0.4) is 0 Å². The van der Waals surface area contributed by atoms with E-state index in [1.807, 2.05) is 0 Å². The zero-order chi connectivity index (χ0) is 11.7. The lowest BCUT2D eigenvalue weighted by atomic mass is 10.3. The van der Waals surface area contributed by atoms with Gasteiger partial charge in [-0.1, -0.05) is 0 Å². The highest BCUT2D eigenvalue weighted by molar-refractivity contribution is 7.80. The lowest BCUT2D eigenvalue weighted by Gasteiger charge is -2.02. The van der Waals surface area contributed by atoms with Crippen molar-refractivity contribution in [2.75, 3.05) is 5.75 Å². The second-order valence-electron chi connectivity index (χ2n) is 2.45. The number of rotatable bonds is 3. The van der Waals surface area contributed by atoms with Gasteiger partial charge in [0.1, 0.15) is 0 Å². The summed E-state index contributed by atoms with van der Waals surface area (Å²) < 4.78 is 0. The standard InChI is InChI=1S/C6H11NO2S.CH3NO2/c1-4(2)7-5(3-10)6(8)9;2-1(3)4/h5,10H,3H2,1-2H3,(H,8,9);2H2,(H,3,4). The van der Waals surface area contributed by atoms with Crippen LogP contribution in [-0.2, 0) is 4.79 Å². The van der Waals surface area contributed by atoms with Crippen molar-refractivity contribution in [3.8, 4) is 0 Å². The summed E-state index contributed by atoms with van der Waals surface area (Å²) in [4.78, 5) is 22.9. The first-order valence-electron chi connectivity index (χ1n) is 3.64. The number of thiol groups is 1. The van der Waals surface area contributed by atoms with Crippen molar-refractivity contribution in [2.45, 2.75) is 19.9 Å². The van der Waals surface area contributed by atoms with Crippen molar-refractivity contribution in [1.29, 1.82) is 0 Å². The van der Waals surface area contributed by atoms with Crippen molar-refractivity contribution in [1.82, 2.24) is 0 Å². The summed E-state index contributed by atoms with van der Waals surface area (Å²) in [6.45, 7) is 3.53. The van der Waals surface area contributed by atoms with Crippen LogP contribution in [0.1, 0.15) is 13.8 Å². The van der Waals surface area contributed by atoms with Crippen LogP contribution in [-0.4, -0.2) is 39.8 Å². The van der Waals surface area contributed by atoms with Crippen LogP contribution >= 0.6 is 12.6 Å². The molecular weight excluding hydrogens is 208 g/mol. The molecule has 0 spiro atoms. The molecule has 7 heteroatoms. The Kier molecular flexibility index (Phi) is 9.10. The maximum atomic E-state index is 10.3. The van der Waals surface area contributed by atoms with E-state index in [1.54, 1.807) is 13.8 Å². The SMILES string of the molecule is CC(C)=NC(CS)C(=O)O.NC(=O)O. The highest BCUT2D eigenvalue weighted by Gasteiger charge is 2.12. The van der Waals surface area contributed by atoms with E-state index in [0.29, 0.717) is 0 Å². The third kappa shape index (κ3) is 13.4. The zero-order valence-corrected chi connectivity index (χ0v) is 8.86. The number of hydrogen-bond donors (Lipinski definition) is 4. The normalized spacial score (nSPS) is 10.5. The summed E-state index contributed by atoms with van der Waals surface area (Å²) in [6, 6.07) is -0.687. The van der Waals surface area contributed by atoms with Crippen molar-refractivity contribution in [3.05, 3.63) is 0 Å². The summed E-state index contributed by atoms with van der Waals surface area (Å²) >= 11 is 3.84. The van der Waals surface area contributed by atoms with Gasteiger partial charge < -0.3 is 15.9 Å². The van der Waals surface area contributed by atoms with Gasteiger partial charge in [0.15, 0.2) is 6.04 Å². The molecule has 1 atom stereocenters. The van der Waals surface area contributed by atoms with Crippen molar-refractivity contribution >= 4 is 30.4 Å². The number of nitrogens with two attached hydrogens (primary N) is 1. The Labute approximate surface area is 87.2 Å². The van der Waals surface area contributed by atoms with Crippen molar-refractivity contribution in [3.63, 3.8) is 0 Å². The number of carboxylic acid groups (broad SMARTS) is 2. The van der Waals surface area contributed by atoms with Gasteiger partial charge in [-0.3, -0.25) is 4.99 Å². The second-order valence-corrected chi connectivity index (χ2v) is 2.82. The molecule has 0 aromatic carbocycles. The Bertz CT molecular complexity index is 222. The topological polar surface area (TPSA) is 113 Å². The predicted molar refractivity (Wildman–Crippen MR) is 56.3 cm³/mol. The van der Waals surface area contributed by atoms with Crippen molar-refractivity contribution in [2.24, 2.45) is 10.7 Å². The Morgan fingerprint density at radius 3 is 1.86 bits per heavy atom. The van der Waals surface area contributed by atoms with Gasteiger partial charge in [-0.05, 0) is 13.8 Å². The summed E-state index contributed by atoms with van der Waals surface area (Å²) in [5.74, 6) is -0.670. The summed E-state index contributed by atoms with van der Waals surface area (Å²) in [6.07, 6.45) is -1.33. The van der Waals surface area contributed by atoms with Gasteiger partial charge >= 0.3 is 12.1 Å². The molecule has 0 aliphatic heterocycles. The first-order chi connectivity index (χ1) is 6.31. The number of carboxylic acids is 1. The van der Waals surface area contributed by atoms with Gasteiger partial charge in [0, 0.05) is 11.5 Å². The van der Waals surface area contributed by atoms with Crippen LogP contribution in [0.2, 0.25) is 0 Å². The lowest BCUT2D eigenvalue weighted by Crippen LogP contribution is -2.20. The number of primary amides is 1. The van der Waals surface area contributed by atoms with Gasteiger partial charge in [0.25, 0.3) is 0 Å². The van der Waals surface area contributed by atoms with E-state index in [-0.39, 0.29) is 5.75 Å². The predicted octanol–water partition coefficient (Wildman–Crippen LogP) is 0.473. The fraction of sp³-hybridized carbons (Fsp3) is 0.571. The highest BCUT2D eigenvalue weighted by Crippen LogP contribution is 1.95. The Morgan fingerprint density at radius 1 is 1.43 bits per heavy atom. The van der Waals surface area contributed by atoms with Crippen LogP contribution < -0.4 is 5.73 Å². The molecular formula is C7H14N2O4S. The molecule has 0 fully saturated rings. The molecule has 0 aliphatic carbocycles. The fourth-order valence-electron chi connectivity index (χ4n) is 0.486. The Hall–Kier alpha value is -1.24. The molecule has 82 valence electrons. The Morgan fingerprint density at radius 2 is 1.79 bits per heavy atom. The molecule has 4 N–H and O–H groups in total. The average Bonchev–Trinajstić information content (AvgIpc) is 1.98. The molecule has 0 aromatic heterocycles. The minimum Gasteiger partial charge on any atom is -0.480 e. The molecule has 0 radical (unpaired) electrons. The number of amides is 1. The quantitative estimate of drug-likeness (QED) is 0.410. The average molecular weight is 222 g/mol. The molecule has 1 amide bonds. The van der Waals surface area contributed by atoms with Gasteiger partial charge in [0.05, 0.1) is 0 Å². The number of hydrogen-bond acceptors (Lipinski definition) is 4. The van der Waals surface area contributed by atoms with E-state index in [4.69, 9.17) is 15.0 Å². The third-order valence-corrected chi connectivity index (χ3v) is 1.22. The third-order valence-electron chi connectivity index (χ3n) is 0.872. The summed E-state index contributed by atoms with van der Waals surface area (Å²) in [7, 11) is 0. The largest absolute Gasteiger partial charge is 0.480 e. The fourth-order valence-corrected chi connectivity index (χ4v) is 0.724. The molecule has 0 saturated heterocycles. The van der Waals surface area contributed by atoms with E-state index in [9.17, 15) is 4.79 Å². The molecule has 1 unspecified atom stereocenters. The Balaban J connectivity index is 0. The maximum Gasteiger partial charge on any atom is 0.402 e. The maximum absolute atomic E-state index is 10.3. The molecule has 0 saturated carbocycles. The second kappa shape index (κ2) is 8.36. The monoisotopic (exact) mass is 222 g/mol.